The zero-order chi connectivity index (χ0) is 12.8. The maximum absolute atomic E-state index is 3.58. The molecule has 1 rings (SSSR count). The van der Waals surface area contributed by atoms with Crippen LogP contribution in [0.2, 0.25) is 0 Å². The van der Waals surface area contributed by atoms with Crippen LogP contribution >= 0.6 is 0 Å². The Hall–Kier alpha value is -0.860. The van der Waals surface area contributed by atoms with Crippen LogP contribution in [-0.2, 0) is 0 Å². The Balaban J connectivity index is 2.88. The number of nitrogens with one attached hydrogen (secondary N) is 1. The first-order valence-electron chi connectivity index (χ1n) is 6.57. The van der Waals surface area contributed by atoms with E-state index in [9.17, 15) is 0 Å². The molecule has 1 atom stereocenters. The van der Waals surface area contributed by atoms with Gasteiger partial charge in [-0.3, -0.25) is 0 Å². The van der Waals surface area contributed by atoms with Gasteiger partial charge in [-0.05, 0) is 45.1 Å². The van der Waals surface area contributed by atoms with Gasteiger partial charge in [-0.15, -0.1) is 0 Å². The van der Waals surface area contributed by atoms with Crippen LogP contribution in [0.5, 0.6) is 0 Å². The summed E-state index contributed by atoms with van der Waals surface area (Å²) in [6.45, 7) is 11.9. The van der Waals surface area contributed by atoms with Crippen molar-refractivity contribution in [3.8, 4) is 0 Å². The van der Waals surface area contributed by atoms with Crippen molar-refractivity contribution < 1.29 is 0 Å². The highest BCUT2D eigenvalue weighted by Crippen LogP contribution is 2.19. The summed E-state index contributed by atoms with van der Waals surface area (Å²) >= 11 is 0. The fourth-order valence-corrected chi connectivity index (χ4v) is 2.18. The molecule has 0 saturated heterocycles. The summed E-state index contributed by atoms with van der Waals surface area (Å²) in [7, 11) is 2.17. The summed E-state index contributed by atoms with van der Waals surface area (Å²) in [5, 5.41) is 3.58. The van der Waals surface area contributed by atoms with E-state index in [0.29, 0.717) is 6.04 Å². The lowest BCUT2D eigenvalue weighted by atomic mass is 9.99. The molecular weight excluding hydrogens is 208 g/mol. The number of hydrogen-bond acceptors (Lipinski definition) is 2. The molecular formula is C15H26N2. The summed E-state index contributed by atoms with van der Waals surface area (Å²) in [6.07, 6.45) is 0. The number of aryl methyl sites for hydroxylation is 2. The topological polar surface area (TPSA) is 15.3 Å². The molecule has 0 bridgehead atoms. The molecule has 0 spiro atoms. The van der Waals surface area contributed by atoms with Crippen LogP contribution in [0.4, 0.5) is 0 Å². The van der Waals surface area contributed by atoms with E-state index < -0.39 is 0 Å². The van der Waals surface area contributed by atoms with E-state index in [2.05, 4.69) is 63.2 Å². The maximum Gasteiger partial charge on any atom is 0.0451 e. The molecule has 2 heteroatoms. The van der Waals surface area contributed by atoms with Crippen molar-refractivity contribution in [2.24, 2.45) is 0 Å². The standard InChI is InChI=1S/C15H26N2/c1-6-16-15(11-17(5)7-2)14-9-8-12(3)10-13(14)4/h8-10,15-16H,6-7,11H2,1-5H3. The lowest BCUT2D eigenvalue weighted by molar-refractivity contribution is 0.305. The summed E-state index contributed by atoms with van der Waals surface area (Å²) in [6, 6.07) is 7.18. The average molecular weight is 234 g/mol. The van der Waals surface area contributed by atoms with Gasteiger partial charge < -0.3 is 10.2 Å². The minimum Gasteiger partial charge on any atom is -0.309 e. The smallest absolute Gasteiger partial charge is 0.0451 e. The Labute approximate surface area is 106 Å². The Kier molecular flexibility index (Phi) is 5.66. The highest BCUT2D eigenvalue weighted by atomic mass is 15.1. The van der Waals surface area contributed by atoms with Crippen molar-refractivity contribution in [3.63, 3.8) is 0 Å². The van der Waals surface area contributed by atoms with Gasteiger partial charge in [0.05, 0.1) is 0 Å². The second-order valence-electron chi connectivity index (χ2n) is 4.83. The third-order valence-corrected chi connectivity index (χ3v) is 3.29. The van der Waals surface area contributed by atoms with E-state index in [1.54, 1.807) is 0 Å². The van der Waals surface area contributed by atoms with Gasteiger partial charge in [0, 0.05) is 12.6 Å². The molecule has 0 aliphatic heterocycles. The molecule has 0 amide bonds. The van der Waals surface area contributed by atoms with Gasteiger partial charge in [0.15, 0.2) is 0 Å². The molecule has 2 nitrogen and oxygen atoms in total. The maximum atomic E-state index is 3.58. The number of rotatable bonds is 6. The van der Waals surface area contributed by atoms with Gasteiger partial charge in [-0.1, -0.05) is 37.6 Å². The van der Waals surface area contributed by atoms with Crippen LogP contribution in [0.15, 0.2) is 18.2 Å². The number of hydrogen-bond donors (Lipinski definition) is 1. The predicted octanol–water partition coefficient (Wildman–Crippen LogP) is 2.91. The Morgan fingerprint density at radius 2 is 1.94 bits per heavy atom. The average Bonchev–Trinajstić information content (AvgIpc) is 2.28. The van der Waals surface area contributed by atoms with E-state index in [-0.39, 0.29) is 0 Å². The van der Waals surface area contributed by atoms with E-state index in [1.807, 2.05) is 0 Å². The fraction of sp³-hybridized carbons (Fsp3) is 0.600. The molecule has 17 heavy (non-hydrogen) atoms. The van der Waals surface area contributed by atoms with Gasteiger partial charge in [-0.25, -0.2) is 0 Å². The first-order chi connectivity index (χ1) is 8.08. The zero-order valence-electron chi connectivity index (χ0n) is 11.9. The van der Waals surface area contributed by atoms with Gasteiger partial charge in [0.25, 0.3) is 0 Å². The van der Waals surface area contributed by atoms with Crippen molar-refractivity contribution in [1.82, 2.24) is 10.2 Å². The van der Waals surface area contributed by atoms with E-state index in [0.717, 1.165) is 19.6 Å². The molecule has 0 saturated carbocycles. The van der Waals surface area contributed by atoms with E-state index >= 15 is 0 Å². The minimum absolute atomic E-state index is 0.436. The molecule has 1 N–H and O–H groups in total. The second kappa shape index (κ2) is 6.77. The van der Waals surface area contributed by atoms with Crippen molar-refractivity contribution in [2.45, 2.75) is 33.7 Å². The summed E-state index contributed by atoms with van der Waals surface area (Å²) < 4.78 is 0. The van der Waals surface area contributed by atoms with E-state index in [1.165, 1.54) is 16.7 Å². The Bertz CT molecular complexity index is 347. The van der Waals surface area contributed by atoms with Gasteiger partial charge in [0.1, 0.15) is 0 Å². The quantitative estimate of drug-likeness (QED) is 0.814. The summed E-state index contributed by atoms with van der Waals surface area (Å²) in [4.78, 5) is 2.35. The molecule has 1 aromatic carbocycles. The third kappa shape index (κ3) is 4.14. The molecule has 1 unspecified atom stereocenters. The van der Waals surface area contributed by atoms with Crippen molar-refractivity contribution in [1.29, 1.82) is 0 Å². The zero-order valence-corrected chi connectivity index (χ0v) is 11.9. The van der Waals surface area contributed by atoms with Crippen LogP contribution in [0, 0.1) is 13.8 Å². The Morgan fingerprint density at radius 1 is 1.24 bits per heavy atom. The second-order valence-corrected chi connectivity index (χ2v) is 4.83. The van der Waals surface area contributed by atoms with Crippen LogP contribution in [0.25, 0.3) is 0 Å². The minimum atomic E-state index is 0.436. The van der Waals surface area contributed by atoms with E-state index in [4.69, 9.17) is 0 Å². The molecule has 1 aromatic rings. The monoisotopic (exact) mass is 234 g/mol. The van der Waals surface area contributed by atoms with Gasteiger partial charge in [-0.2, -0.15) is 0 Å². The van der Waals surface area contributed by atoms with Crippen LogP contribution < -0.4 is 5.32 Å². The normalized spacial score (nSPS) is 13.1. The molecule has 0 aliphatic rings. The summed E-state index contributed by atoms with van der Waals surface area (Å²) in [5.74, 6) is 0. The highest BCUT2D eigenvalue weighted by Gasteiger charge is 2.14. The predicted molar refractivity (Wildman–Crippen MR) is 75.5 cm³/mol. The first kappa shape index (κ1) is 14.2. The highest BCUT2D eigenvalue weighted by molar-refractivity contribution is 5.33. The molecule has 96 valence electrons. The molecule has 0 aromatic heterocycles. The first-order valence-corrected chi connectivity index (χ1v) is 6.57. The largest absolute Gasteiger partial charge is 0.309 e. The lowest BCUT2D eigenvalue weighted by Crippen LogP contribution is -2.33. The fourth-order valence-electron chi connectivity index (χ4n) is 2.18. The van der Waals surface area contributed by atoms with Gasteiger partial charge >= 0.3 is 0 Å². The number of benzene rings is 1. The van der Waals surface area contributed by atoms with Gasteiger partial charge in [0.2, 0.25) is 0 Å². The Morgan fingerprint density at radius 3 is 2.47 bits per heavy atom. The van der Waals surface area contributed by atoms with Crippen LogP contribution in [-0.4, -0.2) is 31.6 Å². The molecule has 0 aliphatic carbocycles. The SMILES string of the molecule is CCNC(CN(C)CC)c1ccc(C)cc1C. The van der Waals surface area contributed by atoms with Crippen molar-refractivity contribution in [2.75, 3.05) is 26.7 Å². The molecule has 0 fully saturated rings. The van der Waals surface area contributed by atoms with Crippen LogP contribution in [0.3, 0.4) is 0 Å². The molecule has 0 radical (unpaired) electrons. The van der Waals surface area contributed by atoms with Crippen molar-refractivity contribution >= 4 is 0 Å². The van der Waals surface area contributed by atoms with Crippen molar-refractivity contribution in [3.05, 3.63) is 34.9 Å². The molecule has 0 heterocycles. The number of nitrogens with zero attached hydrogens (tertiary/aromatic N) is 1. The third-order valence-electron chi connectivity index (χ3n) is 3.29. The summed E-state index contributed by atoms with van der Waals surface area (Å²) in [5.41, 5.74) is 4.16. The van der Waals surface area contributed by atoms with Crippen LogP contribution in [0.1, 0.15) is 36.6 Å². The lowest BCUT2D eigenvalue weighted by Gasteiger charge is -2.25. The number of likely N-dealkylation sites (N-methyl/N-ethyl adjacent to an activating group) is 2.